The number of nitrogens with zero attached hydrogens (tertiary/aromatic N) is 1. The number of hydrogen-bond acceptors (Lipinski definition) is 2. The monoisotopic (exact) mass is 254 g/mol. The fraction of sp³-hybridized carbons (Fsp3) is 0.571. The third-order valence-corrected chi connectivity index (χ3v) is 3.38. The SMILES string of the molecule is CCc1ccc(CN2CCCC(N)C2)cc1.Cl. The van der Waals surface area contributed by atoms with Crippen molar-refractivity contribution in [1.82, 2.24) is 4.90 Å². The van der Waals surface area contributed by atoms with Crippen LogP contribution >= 0.6 is 12.4 Å². The van der Waals surface area contributed by atoms with Gasteiger partial charge in [0.15, 0.2) is 0 Å². The third kappa shape index (κ3) is 4.30. The highest BCUT2D eigenvalue weighted by Gasteiger charge is 2.16. The van der Waals surface area contributed by atoms with Gasteiger partial charge in [-0.3, -0.25) is 4.90 Å². The van der Waals surface area contributed by atoms with Gasteiger partial charge in [-0.05, 0) is 36.9 Å². The molecule has 1 atom stereocenters. The van der Waals surface area contributed by atoms with Crippen molar-refractivity contribution in [2.75, 3.05) is 13.1 Å². The predicted octanol–water partition coefficient (Wildman–Crippen LogP) is 2.59. The number of nitrogens with two attached hydrogens (primary N) is 1. The van der Waals surface area contributed by atoms with Crippen LogP contribution in [0.4, 0.5) is 0 Å². The van der Waals surface area contributed by atoms with Crippen LogP contribution in [0.15, 0.2) is 24.3 Å². The highest BCUT2D eigenvalue weighted by molar-refractivity contribution is 5.85. The minimum absolute atomic E-state index is 0. The second-order valence-corrected chi connectivity index (χ2v) is 4.81. The Balaban J connectivity index is 0.00000144. The zero-order valence-corrected chi connectivity index (χ0v) is 11.4. The summed E-state index contributed by atoms with van der Waals surface area (Å²) in [7, 11) is 0. The minimum atomic E-state index is 0. The average molecular weight is 255 g/mol. The van der Waals surface area contributed by atoms with Gasteiger partial charge in [-0.2, -0.15) is 0 Å². The second kappa shape index (κ2) is 7.00. The van der Waals surface area contributed by atoms with Crippen molar-refractivity contribution >= 4 is 12.4 Å². The molecular weight excluding hydrogens is 232 g/mol. The first-order valence-electron chi connectivity index (χ1n) is 6.33. The standard InChI is InChI=1S/C14H22N2.ClH/c1-2-12-5-7-13(8-6-12)10-16-9-3-4-14(15)11-16;/h5-8,14H,2-4,9-11,15H2,1H3;1H. The number of likely N-dealkylation sites (tertiary alicyclic amines) is 1. The first-order valence-corrected chi connectivity index (χ1v) is 6.33. The van der Waals surface area contributed by atoms with Gasteiger partial charge in [-0.1, -0.05) is 31.2 Å². The summed E-state index contributed by atoms with van der Waals surface area (Å²) < 4.78 is 0. The molecule has 0 radical (unpaired) electrons. The van der Waals surface area contributed by atoms with E-state index in [9.17, 15) is 0 Å². The number of benzene rings is 1. The molecule has 1 aliphatic heterocycles. The molecule has 1 heterocycles. The van der Waals surface area contributed by atoms with E-state index in [1.807, 2.05) is 0 Å². The lowest BCUT2D eigenvalue weighted by Crippen LogP contribution is -2.42. The topological polar surface area (TPSA) is 29.3 Å². The molecule has 2 rings (SSSR count). The normalized spacial score (nSPS) is 20.9. The smallest absolute Gasteiger partial charge is 0.0234 e. The molecule has 1 fully saturated rings. The Kier molecular flexibility index (Phi) is 5.96. The molecule has 1 saturated heterocycles. The average Bonchev–Trinajstić information content (AvgIpc) is 2.30. The summed E-state index contributed by atoms with van der Waals surface area (Å²) in [5.74, 6) is 0. The summed E-state index contributed by atoms with van der Waals surface area (Å²) in [6, 6.07) is 9.35. The van der Waals surface area contributed by atoms with Gasteiger partial charge in [0.2, 0.25) is 0 Å². The van der Waals surface area contributed by atoms with E-state index >= 15 is 0 Å². The molecule has 1 aliphatic rings. The number of hydrogen-bond donors (Lipinski definition) is 1. The number of aryl methyl sites for hydroxylation is 1. The van der Waals surface area contributed by atoms with Gasteiger partial charge in [-0.15, -0.1) is 12.4 Å². The molecule has 1 aromatic carbocycles. The third-order valence-electron chi connectivity index (χ3n) is 3.38. The van der Waals surface area contributed by atoms with E-state index in [4.69, 9.17) is 5.73 Å². The Morgan fingerprint density at radius 2 is 1.88 bits per heavy atom. The fourth-order valence-corrected chi connectivity index (χ4v) is 2.37. The number of piperidine rings is 1. The predicted molar refractivity (Wildman–Crippen MR) is 75.6 cm³/mol. The van der Waals surface area contributed by atoms with Crippen LogP contribution in [-0.2, 0) is 13.0 Å². The first kappa shape index (κ1) is 14.5. The van der Waals surface area contributed by atoms with Gasteiger partial charge >= 0.3 is 0 Å². The molecule has 17 heavy (non-hydrogen) atoms. The second-order valence-electron chi connectivity index (χ2n) is 4.81. The van der Waals surface area contributed by atoms with Crippen molar-refractivity contribution in [2.45, 2.75) is 38.8 Å². The molecule has 96 valence electrons. The summed E-state index contributed by atoms with van der Waals surface area (Å²) in [5, 5.41) is 0. The molecule has 0 saturated carbocycles. The molecule has 3 heteroatoms. The lowest BCUT2D eigenvalue weighted by molar-refractivity contribution is 0.201. The maximum absolute atomic E-state index is 5.98. The van der Waals surface area contributed by atoms with Crippen molar-refractivity contribution in [1.29, 1.82) is 0 Å². The first-order chi connectivity index (χ1) is 7.78. The summed E-state index contributed by atoms with van der Waals surface area (Å²) in [6.07, 6.45) is 3.55. The van der Waals surface area contributed by atoms with Crippen LogP contribution in [0.1, 0.15) is 30.9 Å². The fourth-order valence-electron chi connectivity index (χ4n) is 2.37. The molecule has 1 unspecified atom stereocenters. The summed E-state index contributed by atoms with van der Waals surface area (Å²) in [6.45, 7) is 5.50. The Labute approximate surface area is 111 Å². The number of rotatable bonds is 3. The Hall–Kier alpha value is -0.570. The van der Waals surface area contributed by atoms with Crippen molar-refractivity contribution in [3.63, 3.8) is 0 Å². The summed E-state index contributed by atoms with van der Waals surface area (Å²) in [4.78, 5) is 2.47. The molecule has 0 bridgehead atoms. The van der Waals surface area contributed by atoms with Crippen molar-refractivity contribution in [3.05, 3.63) is 35.4 Å². The van der Waals surface area contributed by atoms with Crippen LogP contribution < -0.4 is 5.73 Å². The van der Waals surface area contributed by atoms with Crippen molar-refractivity contribution in [3.8, 4) is 0 Å². The quantitative estimate of drug-likeness (QED) is 0.899. The van der Waals surface area contributed by atoms with Gasteiger partial charge in [-0.25, -0.2) is 0 Å². The zero-order chi connectivity index (χ0) is 11.4. The number of halogens is 1. The lowest BCUT2D eigenvalue weighted by Gasteiger charge is -2.30. The Morgan fingerprint density at radius 3 is 2.47 bits per heavy atom. The molecule has 0 aliphatic carbocycles. The van der Waals surface area contributed by atoms with Crippen molar-refractivity contribution in [2.24, 2.45) is 5.73 Å². The summed E-state index contributed by atoms with van der Waals surface area (Å²) in [5.41, 5.74) is 8.81. The molecule has 2 nitrogen and oxygen atoms in total. The van der Waals surface area contributed by atoms with Gasteiger partial charge in [0, 0.05) is 19.1 Å². The van der Waals surface area contributed by atoms with E-state index in [0.717, 1.165) is 19.5 Å². The lowest BCUT2D eigenvalue weighted by atomic mass is 10.0. The van der Waals surface area contributed by atoms with Crippen LogP contribution in [0.3, 0.4) is 0 Å². The van der Waals surface area contributed by atoms with Gasteiger partial charge in [0.1, 0.15) is 0 Å². The van der Waals surface area contributed by atoms with Gasteiger partial charge in [0.05, 0.1) is 0 Å². The van der Waals surface area contributed by atoms with Crippen LogP contribution in [-0.4, -0.2) is 24.0 Å². The minimum Gasteiger partial charge on any atom is -0.327 e. The van der Waals surface area contributed by atoms with Crippen LogP contribution in [0.5, 0.6) is 0 Å². The molecular formula is C14H23ClN2. The van der Waals surface area contributed by atoms with E-state index in [1.165, 1.54) is 30.5 Å². The van der Waals surface area contributed by atoms with E-state index in [-0.39, 0.29) is 12.4 Å². The summed E-state index contributed by atoms with van der Waals surface area (Å²) >= 11 is 0. The Bertz CT molecular complexity index is 323. The van der Waals surface area contributed by atoms with E-state index < -0.39 is 0 Å². The molecule has 1 aromatic rings. The Morgan fingerprint density at radius 1 is 1.24 bits per heavy atom. The molecule has 0 spiro atoms. The largest absolute Gasteiger partial charge is 0.327 e. The van der Waals surface area contributed by atoms with Crippen LogP contribution in [0.25, 0.3) is 0 Å². The van der Waals surface area contributed by atoms with Crippen LogP contribution in [0, 0.1) is 0 Å². The highest BCUT2D eigenvalue weighted by atomic mass is 35.5. The molecule has 0 amide bonds. The molecule has 0 aromatic heterocycles. The van der Waals surface area contributed by atoms with E-state index in [1.54, 1.807) is 0 Å². The maximum Gasteiger partial charge on any atom is 0.0234 e. The van der Waals surface area contributed by atoms with Crippen LogP contribution in [0.2, 0.25) is 0 Å². The van der Waals surface area contributed by atoms with E-state index in [0.29, 0.717) is 6.04 Å². The van der Waals surface area contributed by atoms with Gasteiger partial charge < -0.3 is 5.73 Å². The zero-order valence-electron chi connectivity index (χ0n) is 10.6. The van der Waals surface area contributed by atoms with Gasteiger partial charge in [0.25, 0.3) is 0 Å². The highest BCUT2D eigenvalue weighted by Crippen LogP contribution is 2.13. The van der Waals surface area contributed by atoms with E-state index in [2.05, 4.69) is 36.1 Å². The molecule has 2 N–H and O–H groups in total. The maximum atomic E-state index is 5.98. The van der Waals surface area contributed by atoms with Crippen molar-refractivity contribution < 1.29 is 0 Å².